The summed E-state index contributed by atoms with van der Waals surface area (Å²) >= 11 is 0. The van der Waals surface area contributed by atoms with Crippen molar-refractivity contribution >= 4 is 11.8 Å². The Kier molecular flexibility index (Phi) is 7.72. The van der Waals surface area contributed by atoms with E-state index >= 15 is 0 Å². The molecule has 0 radical (unpaired) electrons. The fourth-order valence-corrected chi connectivity index (χ4v) is 4.75. The number of hydrogen-bond acceptors (Lipinski definition) is 5. The van der Waals surface area contributed by atoms with Gasteiger partial charge in [-0.2, -0.15) is 0 Å². The summed E-state index contributed by atoms with van der Waals surface area (Å²) in [6.45, 7) is 3.22. The number of aromatic nitrogens is 1. The summed E-state index contributed by atoms with van der Waals surface area (Å²) in [4.78, 5) is 34.0. The Balaban J connectivity index is 1.30. The second-order valence-corrected chi connectivity index (χ2v) is 8.58. The highest BCUT2D eigenvalue weighted by molar-refractivity contribution is 5.82. The lowest BCUT2D eigenvalue weighted by Gasteiger charge is -2.40. The third-order valence-corrected chi connectivity index (χ3v) is 6.50. The molecular weight excluding hydrogens is 404 g/mol. The van der Waals surface area contributed by atoms with Gasteiger partial charge in [-0.15, -0.1) is 0 Å². The molecule has 2 heterocycles. The molecule has 1 aliphatic carbocycles. The van der Waals surface area contributed by atoms with Crippen molar-refractivity contribution in [2.75, 3.05) is 32.8 Å². The van der Waals surface area contributed by atoms with E-state index in [0.29, 0.717) is 44.4 Å². The number of carbonyl (C=O) groups is 2. The molecule has 32 heavy (non-hydrogen) atoms. The van der Waals surface area contributed by atoms with E-state index in [1.54, 1.807) is 12.4 Å². The van der Waals surface area contributed by atoms with Gasteiger partial charge in [-0.3, -0.25) is 19.5 Å². The third kappa shape index (κ3) is 5.85. The molecule has 0 spiro atoms. The number of nitrogens with zero attached hydrogens (tertiary/aromatic N) is 3. The van der Waals surface area contributed by atoms with Gasteiger partial charge in [0, 0.05) is 45.1 Å². The molecule has 2 aromatic rings. The van der Waals surface area contributed by atoms with Crippen molar-refractivity contribution in [2.24, 2.45) is 5.92 Å². The summed E-state index contributed by atoms with van der Waals surface area (Å²) in [5, 5.41) is 3.14. The van der Waals surface area contributed by atoms with E-state index in [4.69, 9.17) is 4.74 Å². The maximum Gasteiger partial charge on any atom is 0.260 e. The topological polar surface area (TPSA) is 74.8 Å². The Hall–Kier alpha value is -2.93. The van der Waals surface area contributed by atoms with E-state index in [-0.39, 0.29) is 24.5 Å². The molecule has 1 saturated carbocycles. The molecule has 7 heteroatoms. The minimum Gasteiger partial charge on any atom is -0.484 e. The van der Waals surface area contributed by atoms with Gasteiger partial charge in [0.05, 0.1) is 6.04 Å². The van der Waals surface area contributed by atoms with E-state index in [2.05, 4.69) is 15.2 Å². The maximum absolute atomic E-state index is 13.2. The first-order valence-electron chi connectivity index (χ1n) is 11.6. The molecule has 1 N–H and O–H groups in total. The van der Waals surface area contributed by atoms with Gasteiger partial charge in [0.1, 0.15) is 5.75 Å². The van der Waals surface area contributed by atoms with Crippen LogP contribution in [-0.2, 0) is 16.1 Å². The number of pyridine rings is 1. The Morgan fingerprint density at radius 3 is 2.38 bits per heavy atom. The SMILES string of the molecule is O=C(NCc1ccncc1)C(C1CCCC1)N1CCN(C(=O)COc2ccccc2)CC1. The first-order chi connectivity index (χ1) is 15.7. The van der Waals surface area contributed by atoms with Crippen LogP contribution in [0.2, 0.25) is 0 Å². The number of ether oxygens (including phenoxy) is 1. The molecule has 4 rings (SSSR count). The quantitative estimate of drug-likeness (QED) is 0.688. The lowest BCUT2D eigenvalue weighted by atomic mass is 9.95. The summed E-state index contributed by atoms with van der Waals surface area (Å²) in [7, 11) is 0. The van der Waals surface area contributed by atoms with Crippen LogP contribution in [0, 0.1) is 5.92 Å². The van der Waals surface area contributed by atoms with Crippen molar-refractivity contribution in [3.05, 3.63) is 60.4 Å². The molecule has 7 nitrogen and oxygen atoms in total. The Labute approximate surface area is 189 Å². The number of carbonyl (C=O) groups excluding carboxylic acids is 2. The highest BCUT2D eigenvalue weighted by Gasteiger charge is 2.37. The van der Waals surface area contributed by atoms with Gasteiger partial charge < -0.3 is 15.0 Å². The van der Waals surface area contributed by atoms with Crippen molar-refractivity contribution in [3.63, 3.8) is 0 Å². The molecule has 2 fully saturated rings. The van der Waals surface area contributed by atoms with E-state index < -0.39 is 0 Å². The third-order valence-electron chi connectivity index (χ3n) is 6.50. The van der Waals surface area contributed by atoms with Gasteiger partial charge >= 0.3 is 0 Å². The predicted molar refractivity (Wildman–Crippen MR) is 122 cm³/mol. The molecule has 1 saturated heterocycles. The first-order valence-corrected chi connectivity index (χ1v) is 11.6. The highest BCUT2D eigenvalue weighted by Crippen LogP contribution is 2.31. The number of nitrogens with one attached hydrogen (secondary N) is 1. The molecule has 1 aliphatic heterocycles. The van der Waals surface area contributed by atoms with Gasteiger partial charge in [-0.05, 0) is 48.6 Å². The molecule has 0 bridgehead atoms. The Morgan fingerprint density at radius 2 is 1.69 bits per heavy atom. The molecule has 170 valence electrons. The molecule has 1 unspecified atom stereocenters. The lowest BCUT2D eigenvalue weighted by molar-refractivity contribution is -0.137. The summed E-state index contributed by atoms with van der Waals surface area (Å²) in [5.74, 6) is 1.18. The van der Waals surface area contributed by atoms with Crippen molar-refractivity contribution in [3.8, 4) is 5.75 Å². The zero-order valence-corrected chi connectivity index (χ0v) is 18.5. The van der Waals surface area contributed by atoms with Crippen molar-refractivity contribution in [1.29, 1.82) is 0 Å². The maximum atomic E-state index is 13.2. The fraction of sp³-hybridized carbons (Fsp3) is 0.480. The number of piperazine rings is 1. The van der Waals surface area contributed by atoms with Gasteiger partial charge in [0.25, 0.3) is 5.91 Å². The van der Waals surface area contributed by atoms with Crippen LogP contribution in [-0.4, -0.2) is 65.4 Å². The minimum atomic E-state index is -0.128. The zero-order valence-electron chi connectivity index (χ0n) is 18.5. The minimum absolute atomic E-state index is 0.00643. The average molecular weight is 437 g/mol. The van der Waals surface area contributed by atoms with Crippen molar-refractivity contribution in [1.82, 2.24) is 20.1 Å². The smallest absolute Gasteiger partial charge is 0.260 e. The molecule has 2 aliphatic rings. The van der Waals surface area contributed by atoms with Crippen LogP contribution >= 0.6 is 0 Å². The lowest BCUT2D eigenvalue weighted by Crippen LogP contribution is -2.58. The standard InChI is InChI=1S/C25H32N4O3/c30-23(19-32-22-8-2-1-3-9-22)28-14-16-29(17-15-28)24(21-6-4-5-7-21)25(31)27-18-20-10-12-26-13-11-20/h1-3,8-13,21,24H,4-7,14-19H2,(H,27,31). The normalized spacial score (nSPS) is 18.3. The Morgan fingerprint density at radius 1 is 1.00 bits per heavy atom. The number of rotatable bonds is 8. The van der Waals surface area contributed by atoms with E-state index in [0.717, 1.165) is 18.4 Å². The van der Waals surface area contributed by atoms with Gasteiger partial charge in [0.2, 0.25) is 5.91 Å². The zero-order chi connectivity index (χ0) is 22.2. The number of para-hydroxylation sites is 1. The van der Waals surface area contributed by atoms with Crippen molar-refractivity contribution in [2.45, 2.75) is 38.3 Å². The fourth-order valence-electron chi connectivity index (χ4n) is 4.75. The van der Waals surface area contributed by atoms with E-state index in [9.17, 15) is 9.59 Å². The van der Waals surface area contributed by atoms with Crippen LogP contribution in [0.25, 0.3) is 0 Å². The Bertz CT molecular complexity index is 863. The predicted octanol–water partition coefficient (Wildman–Crippen LogP) is 2.48. The highest BCUT2D eigenvalue weighted by atomic mass is 16.5. The molecule has 1 aromatic carbocycles. The average Bonchev–Trinajstić information content (AvgIpc) is 3.37. The van der Waals surface area contributed by atoms with E-state index in [1.165, 1.54) is 12.8 Å². The van der Waals surface area contributed by atoms with Crippen LogP contribution in [0.15, 0.2) is 54.9 Å². The van der Waals surface area contributed by atoms with E-state index in [1.807, 2.05) is 47.4 Å². The summed E-state index contributed by atoms with van der Waals surface area (Å²) in [5.41, 5.74) is 1.05. The number of amides is 2. The second-order valence-electron chi connectivity index (χ2n) is 8.58. The van der Waals surface area contributed by atoms with Crippen molar-refractivity contribution < 1.29 is 14.3 Å². The monoisotopic (exact) mass is 436 g/mol. The van der Waals surface area contributed by atoms with Crippen LogP contribution in [0.4, 0.5) is 0 Å². The van der Waals surface area contributed by atoms with Gasteiger partial charge in [-0.25, -0.2) is 0 Å². The molecule has 1 atom stereocenters. The largest absolute Gasteiger partial charge is 0.484 e. The first kappa shape index (κ1) is 22.3. The summed E-state index contributed by atoms with van der Waals surface area (Å²) in [6, 6.07) is 13.1. The van der Waals surface area contributed by atoms with Crippen LogP contribution < -0.4 is 10.1 Å². The molecule has 1 aromatic heterocycles. The van der Waals surface area contributed by atoms with Crippen LogP contribution in [0.5, 0.6) is 5.75 Å². The second kappa shape index (κ2) is 11.1. The number of benzene rings is 1. The van der Waals surface area contributed by atoms with Crippen LogP contribution in [0.3, 0.4) is 0 Å². The summed E-state index contributed by atoms with van der Waals surface area (Å²) < 4.78 is 5.62. The number of hydrogen-bond donors (Lipinski definition) is 1. The van der Waals surface area contributed by atoms with Gasteiger partial charge in [-0.1, -0.05) is 31.0 Å². The summed E-state index contributed by atoms with van der Waals surface area (Å²) in [6.07, 6.45) is 8.05. The van der Waals surface area contributed by atoms with Gasteiger partial charge in [0.15, 0.2) is 6.61 Å². The molecular formula is C25H32N4O3. The van der Waals surface area contributed by atoms with Crippen LogP contribution in [0.1, 0.15) is 31.2 Å². The molecule has 2 amide bonds.